The van der Waals surface area contributed by atoms with E-state index in [0.717, 1.165) is 12.0 Å². The van der Waals surface area contributed by atoms with Crippen LogP contribution in [0.25, 0.3) is 0 Å². The normalized spacial score (nSPS) is 13.7. The highest BCUT2D eigenvalue weighted by molar-refractivity contribution is 5.70. The lowest BCUT2D eigenvalue weighted by Crippen LogP contribution is -2.16. The zero-order valence-corrected chi connectivity index (χ0v) is 11.8. The van der Waals surface area contributed by atoms with Gasteiger partial charge in [-0.1, -0.05) is 44.2 Å². The molecule has 2 aromatic rings. The Bertz CT molecular complexity index is 563. The molecule has 0 saturated heterocycles. The second-order valence-electron chi connectivity index (χ2n) is 5.20. The predicted octanol–water partition coefficient (Wildman–Crippen LogP) is 3.50. The van der Waals surface area contributed by atoms with Gasteiger partial charge in [0.15, 0.2) is 0 Å². The number of rotatable bonds is 5. The molecule has 20 heavy (non-hydrogen) atoms. The zero-order valence-electron chi connectivity index (χ0n) is 11.8. The average Bonchev–Trinajstić information content (AvgIpc) is 2.47. The molecule has 0 aliphatic heterocycles. The Morgan fingerprint density at radius 1 is 1.15 bits per heavy atom. The quantitative estimate of drug-likeness (QED) is 0.903. The standard InChI is InChI=1S/C17H19NO2/c1-12(13(2)17(19)20)16-7-5-14(6-8-16)10-15-4-3-9-18-11-15/h3-9,11-13H,10H2,1-2H3,(H,19,20). The lowest BCUT2D eigenvalue weighted by molar-refractivity contribution is -0.141. The predicted molar refractivity (Wildman–Crippen MR) is 78.7 cm³/mol. The third-order valence-electron chi connectivity index (χ3n) is 3.78. The minimum atomic E-state index is -0.753. The SMILES string of the molecule is CC(C(=O)O)C(C)c1ccc(Cc2cccnc2)cc1. The minimum Gasteiger partial charge on any atom is -0.481 e. The van der Waals surface area contributed by atoms with Crippen molar-refractivity contribution in [2.75, 3.05) is 0 Å². The smallest absolute Gasteiger partial charge is 0.306 e. The monoisotopic (exact) mass is 269 g/mol. The van der Waals surface area contributed by atoms with Gasteiger partial charge in [-0.3, -0.25) is 9.78 Å². The molecule has 2 unspecified atom stereocenters. The van der Waals surface area contributed by atoms with E-state index < -0.39 is 5.97 Å². The van der Waals surface area contributed by atoms with Gasteiger partial charge in [0.05, 0.1) is 5.92 Å². The summed E-state index contributed by atoms with van der Waals surface area (Å²) in [6.45, 7) is 3.70. The van der Waals surface area contributed by atoms with Crippen LogP contribution in [0.15, 0.2) is 48.8 Å². The Morgan fingerprint density at radius 2 is 1.85 bits per heavy atom. The summed E-state index contributed by atoms with van der Waals surface area (Å²) in [7, 11) is 0. The summed E-state index contributed by atoms with van der Waals surface area (Å²) in [6.07, 6.45) is 4.47. The summed E-state index contributed by atoms with van der Waals surface area (Å²) < 4.78 is 0. The maximum absolute atomic E-state index is 11.0. The molecule has 3 heteroatoms. The van der Waals surface area contributed by atoms with Gasteiger partial charge in [-0.2, -0.15) is 0 Å². The van der Waals surface area contributed by atoms with E-state index in [4.69, 9.17) is 5.11 Å². The Hall–Kier alpha value is -2.16. The number of aromatic nitrogens is 1. The second-order valence-corrected chi connectivity index (χ2v) is 5.20. The highest BCUT2D eigenvalue weighted by atomic mass is 16.4. The summed E-state index contributed by atoms with van der Waals surface area (Å²) >= 11 is 0. The molecule has 0 radical (unpaired) electrons. The Labute approximate surface area is 119 Å². The molecule has 0 aliphatic rings. The fraction of sp³-hybridized carbons (Fsp3) is 0.294. The number of carboxylic acids is 1. The molecule has 0 spiro atoms. The maximum Gasteiger partial charge on any atom is 0.306 e. The largest absolute Gasteiger partial charge is 0.481 e. The highest BCUT2D eigenvalue weighted by Crippen LogP contribution is 2.24. The molecule has 1 aromatic carbocycles. The number of hydrogen-bond acceptors (Lipinski definition) is 2. The molecular weight excluding hydrogens is 250 g/mol. The van der Waals surface area contributed by atoms with Crippen LogP contribution in [0.3, 0.4) is 0 Å². The number of benzene rings is 1. The maximum atomic E-state index is 11.0. The Balaban J connectivity index is 2.08. The van der Waals surface area contributed by atoms with Gasteiger partial charge in [0.1, 0.15) is 0 Å². The highest BCUT2D eigenvalue weighted by Gasteiger charge is 2.20. The van der Waals surface area contributed by atoms with Gasteiger partial charge in [0, 0.05) is 12.4 Å². The van der Waals surface area contributed by atoms with Crippen LogP contribution >= 0.6 is 0 Å². The first-order valence-electron chi connectivity index (χ1n) is 6.78. The first kappa shape index (κ1) is 14.3. The van der Waals surface area contributed by atoms with Gasteiger partial charge >= 0.3 is 5.97 Å². The second kappa shape index (κ2) is 6.33. The van der Waals surface area contributed by atoms with Crippen molar-refractivity contribution < 1.29 is 9.90 Å². The third kappa shape index (κ3) is 3.44. The molecule has 1 N–H and O–H groups in total. The van der Waals surface area contributed by atoms with Crippen LogP contribution in [-0.4, -0.2) is 16.1 Å². The fourth-order valence-electron chi connectivity index (χ4n) is 2.18. The van der Waals surface area contributed by atoms with E-state index in [1.165, 1.54) is 11.1 Å². The van der Waals surface area contributed by atoms with Gasteiger partial charge in [-0.25, -0.2) is 0 Å². The number of pyridine rings is 1. The number of nitrogens with zero attached hydrogens (tertiary/aromatic N) is 1. The zero-order chi connectivity index (χ0) is 14.5. The summed E-state index contributed by atoms with van der Waals surface area (Å²) in [6, 6.07) is 12.2. The van der Waals surface area contributed by atoms with Crippen molar-refractivity contribution in [1.82, 2.24) is 4.98 Å². The van der Waals surface area contributed by atoms with Crippen LogP contribution < -0.4 is 0 Å². The summed E-state index contributed by atoms with van der Waals surface area (Å²) in [5.41, 5.74) is 3.44. The molecule has 0 saturated carbocycles. The van der Waals surface area contributed by atoms with Crippen molar-refractivity contribution in [3.63, 3.8) is 0 Å². The van der Waals surface area contributed by atoms with E-state index in [2.05, 4.69) is 23.2 Å². The number of carboxylic acid groups (broad SMARTS) is 1. The summed E-state index contributed by atoms with van der Waals surface area (Å²) in [5.74, 6) is -1.11. The molecule has 0 fully saturated rings. The number of aliphatic carboxylic acids is 1. The van der Waals surface area contributed by atoms with Crippen LogP contribution in [-0.2, 0) is 11.2 Å². The van der Waals surface area contributed by atoms with Gasteiger partial charge in [0.25, 0.3) is 0 Å². The van der Waals surface area contributed by atoms with Crippen molar-refractivity contribution >= 4 is 5.97 Å². The Morgan fingerprint density at radius 3 is 2.40 bits per heavy atom. The van der Waals surface area contributed by atoms with Crippen LogP contribution in [0.5, 0.6) is 0 Å². The number of carbonyl (C=O) groups is 1. The molecule has 0 bridgehead atoms. The lowest BCUT2D eigenvalue weighted by atomic mass is 9.88. The van der Waals surface area contributed by atoms with E-state index in [-0.39, 0.29) is 11.8 Å². The van der Waals surface area contributed by atoms with Crippen LogP contribution in [0.4, 0.5) is 0 Å². The Kier molecular flexibility index (Phi) is 4.51. The van der Waals surface area contributed by atoms with Crippen LogP contribution in [0.1, 0.15) is 36.5 Å². The van der Waals surface area contributed by atoms with Crippen molar-refractivity contribution in [1.29, 1.82) is 0 Å². The number of hydrogen-bond donors (Lipinski definition) is 1. The van der Waals surface area contributed by atoms with Crippen molar-refractivity contribution in [3.05, 3.63) is 65.5 Å². The molecule has 1 heterocycles. The topological polar surface area (TPSA) is 50.2 Å². The average molecular weight is 269 g/mol. The van der Waals surface area contributed by atoms with E-state index in [1.54, 1.807) is 13.1 Å². The van der Waals surface area contributed by atoms with Gasteiger partial charge in [-0.05, 0) is 35.1 Å². The van der Waals surface area contributed by atoms with Crippen molar-refractivity contribution in [2.24, 2.45) is 5.92 Å². The van der Waals surface area contributed by atoms with Crippen LogP contribution in [0.2, 0.25) is 0 Å². The third-order valence-corrected chi connectivity index (χ3v) is 3.78. The summed E-state index contributed by atoms with van der Waals surface area (Å²) in [5, 5.41) is 9.06. The van der Waals surface area contributed by atoms with E-state index >= 15 is 0 Å². The molecule has 0 aliphatic carbocycles. The van der Waals surface area contributed by atoms with Crippen molar-refractivity contribution in [3.8, 4) is 0 Å². The van der Waals surface area contributed by atoms with Gasteiger partial charge < -0.3 is 5.11 Å². The molecule has 2 rings (SSSR count). The molecule has 0 amide bonds. The molecule has 1 aromatic heterocycles. The summed E-state index contributed by atoms with van der Waals surface area (Å²) in [4.78, 5) is 15.1. The minimum absolute atomic E-state index is 0.0138. The molecule has 3 nitrogen and oxygen atoms in total. The molecule has 2 atom stereocenters. The van der Waals surface area contributed by atoms with E-state index in [0.29, 0.717) is 0 Å². The van der Waals surface area contributed by atoms with E-state index in [1.807, 2.05) is 31.3 Å². The lowest BCUT2D eigenvalue weighted by Gasteiger charge is -2.16. The fourth-order valence-corrected chi connectivity index (χ4v) is 2.18. The van der Waals surface area contributed by atoms with Gasteiger partial charge in [-0.15, -0.1) is 0 Å². The van der Waals surface area contributed by atoms with Crippen LogP contribution in [0, 0.1) is 5.92 Å². The van der Waals surface area contributed by atoms with Crippen molar-refractivity contribution in [2.45, 2.75) is 26.2 Å². The van der Waals surface area contributed by atoms with Gasteiger partial charge in [0.2, 0.25) is 0 Å². The molecule has 104 valence electrons. The first-order chi connectivity index (χ1) is 9.58. The van der Waals surface area contributed by atoms with E-state index in [9.17, 15) is 4.79 Å². The molecular formula is C17H19NO2. The first-order valence-corrected chi connectivity index (χ1v) is 6.78.